The number of carbonyl (C=O) groups is 2. The van der Waals surface area contributed by atoms with Crippen molar-refractivity contribution < 1.29 is 18.0 Å². The SMILES string of the molecule is C[C@H](NC(=O)CCNC(=O)c1ccccc1)c1ccc(S(C)(=O)=O)cc1. The van der Waals surface area contributed by atoms with Gasteiger partial charge in [0.25, 0.3) is 5.91 Å². The first-order valence-electron chi connectivity index (χ1n) is 8.20. The van der Waals surface area contributed by atoms with Gasteiger partial charge in [-0.1, -0.05) is 30.3 Å². The predicted octanol–water partition coefficient (Wildman–Crippen LogP) is 2.09. The van der Waals surface area contributed by atoms with E-state index in [1.807, 2.05) is 13.0 Å². The van der Waals surface area contributed by atoms with Crippen LogP contribution in [0.2, 0.25) is 0 Å². The molecule has 0 saturated carbocycles. The van der Waals surface area contributed by atoms with E-state index >= 15 is 0 Å². The van der Waals surface area contributed by atoms with Gasteiger partial charge in [-0.15, -0.1) is 0 Å². The molecule has 2 N–H and O–H groups in total. The van der Waals surface area contributed by atoms with Crippen LogP contribution in [0.1, 0.15) is 35.3 Å². The Morgan fingerprint density at radius 2 is 1.62 bits per heavy atom. The molecule has 138 valence electrons. The average molecular weight is 374 g/mol. The molecular formula is C19H22N2O4S. The van der Waals surface area contributed by atoms with Gasteiger partial charge in [0.2, 0.25) is 5.91 Å². The summed E-state index contributed by atoms with van der Waals surface area (Å²) >= 11 is 0. The minimum Gasteiger partial charge on any atom is -0.352 e. The average Bonchev–Trinajstić information content (AvgIpc) is 2.61. The fourth-order valence-corrected chi connectivity index (χ4v) is 3.01. The highest BCUT2D eigenvalue weighted by atomic mass is 32.2. The Bertz CT molecular complexity index is 862. The van der Waals surface area contributed by atoms with E-state index in [-0.39, 0.29) is 35.7 Å². The van der Waals surface area contributed by atoms with Gasteiger partial charge < -0.3 is 10.6 Å². The summed E-state index contributed by atoms with van der Waals surface area (Å²) in [6, 6.07) is 14.9. The van der Waals surface area contributed by atoms with E-state index in [0.29, 0.717) is 5.56 Å². The van der Waals surface area contributed by atoms with Crippen LogP contribution in [0.4, 0.5) is 0 Å². The second-order valence-electron chi connectivity index (χ2n) is 6.00. The molecule has 0 aliphatic heterocycles. The van der Waals surface area contributed by atoms with Crippen LogP contribution in [0.15, 0.2) is 59.5 Å². The second kappa shape index (κ2) is 8.62. The number of nitrogens with one attached hydrogen (secondary N) is 2. The van der Waals surface area contributed by atoms with E-state index in [9.17, 15) is 18.0 Å². The fourth-order valence-electron chi connectivity index (χ4n) is 2.38. The molecule has 2 rings (SSSR count). The molecule has 0 spiro atoms. The maximum absolute atomic E-state index is 12.0. The van der Waals surface area contributed by atoms with Gasteiger partial charge in [0.1, 0.15) is 0 Å². The molecule has 2 aromatic rings. The van der Waals surface area contributed by atoms with Crippen molar-refractivity contribution in [1.29, 1.82) is 0 Å². The first-order chi connectivity index (χ1) is 12.3. The molecule has 6 nitrogen and oxygen atoms in total. The molecular weight excluding hydrogens is 352 g/mol. The van der Waals surface area contributed by atoms with Crippen LogP contribution in [0.25, 0.3) is 0 Å². The third-order valence-corrected chi connectivity index (χ3v) is 4.99. The van der Waals surface area contributed by atoms with Crippen molar-refractivity contribution in [3.8, 4) is 0 Å². The molecule has 2 aromatic carbocycles. The predicted molar refractivity (Wildman–Crippen MR) is 99.5 cm³/mol. The lowest BCUT2D eigenvalue weighted by Crippen LogP contribution is -2.32. The van der Waals surface area contributed by atoms with Gasteiger partial charge in [-0.2, -0.15) is 0 Å². The lowest BCUT2D eigenvalue weighted by Gasteiger charge is -2.15. The Labute approximate surface area is 153 Å². The summed E-state index contributed by atoms with van der Waals surface area (Å²) in [5.41, 5.74) is 1.35. The zero-order chi connectivity index (χ0) is 19.2. The van der Waals surface area contributed by atoms with Gasteiger partial charge in [0.15, 0.2) is 9.84 Å². The molecule has 0 radical (unpaired) electrons. The van der Waals surface area contributed by atoms with Crippen molar-refractivity contribution >= 4 is 21.7 Å². The standard InChI is InChI=1S/C19H22N2O4S/c1-14(15-8-10-17(11-9-15)26(2,24)25)21-18(22)12-13-20-19(23)16-6-4-3-5-7-16/h3-11,14H,12-13H2,1-2H3,(H,20,23)(H,21,22)/t14-/m0/s1. The molecule has 0 unspecified atom stereocenters. The lowest BCUT2D eigenvalue weighted by atomic mass is 10.1. The molecule has 26 heavy (non-hydrogen) atoms. The zero-order valence-corrected chi connectivity index (χ0v) is 15.5. The summed E-state index contributed by atoms with van der Waals surface area (Å²) in [6.45, 7) is 2.05. The van der Waals surface area contributed by atoms with Gasteiger partial charge in [-0.3, -0.25) is 9.59 Å². The van der Waals surface area contributed by atoms with Crippen LogP contribution in [0, 0.1) is 0 Å². The molecule has 2 amide bonds. The first kappa shape index (κ1) is 19.7. The third kappa shape index (κ3) is 5.70. The number of sulfone groups is 1. The number of hydrogen-bond acceptors (Lipinski definition) is 4. The molecule has 1 atom stereocenters. The molecule has 0 aliphatic rings. The van der Waals surface area contributed by atoms with Crippen molar-refractivity contribution in [3.05, 3.63) is 65.7 Å². The number of benzene rings is 2. The summed E-state index contributed by atoms with van der Waals surface area (Å²) < 4.78 is 22.9. The van der Waals surface area contributed by atoms with E-state index < -0.39 is 9.84 Å². The van der Waals surface area contributed by atoms with Gasteiger partial charge in [-0.05, 0) is 36.8 Å². The van der Waals surface area contributed by atoms with Gasteiger partial charge >= 0.3 is 0 Å². The minimum absolute atomic E-state index is 0.157. The summed E-state index contributed by atoms with van der Waals surface area (Å²) in [7, 11) is -3.24. The van der Waals surface area contributed by atoms with Crippen LogP contribution in [-0.2, 0) is 14.6 Å². The van der Waals surface area contributed by atoms with Gasteiger partial charge in [-0.25, -0.2) is 8.42 Å². The molecule has 0 fully saturated rings. The molecule has 0 saturated heterocycles. The number of amides is 2. The Balaban J connectivity index is 1.81. The maximum atomic E-state index is 12.0. The lowest BCUT2D eigenvalue weighted by molar-refractivity contribution is -0.121. The molecule has 0 aromatic heterocycles. The third-order valence-electron chi connectivity index (χ3n) is 3.86. The molecule has 0 heterocycles. The van der Waals surface area contributed by atoms with Gasteiger partial charge in [0.05, 0.1) is 10.9 Å². The van der Waals surface area contributed by atoms with E-state index in [2.05, 4.69) is 10.6 Å². The van der Waals surface area contributed by atoms with Crippen molar-refractivity contribution in [2.75, 3.05) is 12.8 Å². The van der Waals surface area contributed by atoms with E-state index in [1.165, 1.54) is 12.1 Å². The van der Waals surface area contributed by atoms with Crippen molar-refractivity contribution in [2.24, 2.45) is 0 Å². The minimum atomic E-state index is -3.24. The normalized spacial score (nSPS) is 12.2. The topological polar surface area (TPSA) is 92.3 Å². The van der Waals surface area contributed by atoms with Crippen LogP contribution in [0.5, 0.6) is 0 Å². The monoisotopic (exact) mass is 374 g/mol. The summed E-state index contributed by atoms with van der Waals surface area (Å²) in [6.07, 6.45) is 1.31. The molecule has 0 aliphatic carbocycles. The van der Waals surface area contributed by atoms with Crippen molar-refractivity contribution in [2.45, 2.75) is 24.3 Å². The molecule has 7 heteroatoms. The van der Waals surface area contributed by atoms with Crippen LogP contribution < -0.4 is 10.6 Å². The van der Waals surface area contributed by atoms with Crippen molar-refractivity contribution in [1.82, 2.24) is 10.6 Å². The van der Waals surface area contributed by atoms with Crippen LogP contribution >= 0.6 is 0 Å². The maximum Gasteiger partial charge on any atom is 0.251 e. The van der Waals surface area contributed by atoms with E-state index in [1.54, 1.807) is 36.4 Å². The summed E-state index contributed by atoms with van der Waals surface area (Å²) in [4.78, 5) is 24.1. The number of carbonyl (C=O) groups excluding carboxylic acids is 2. The van der Waals surface area contributed by atoms with Crippen molar-refractivity contribution in [3.63, 3.8) is 0 Å². The number of hydrogen-bond donors (Lipinski definition) is 2. The summed E-state index contributed by atoms with van der Waals surface area (Å²) in [5, 5.41) is 5.53. The fraction of sp³-hybridized carbons (Fsp3) is 0.263. The van der Waals surface area contributed by atoms with Gasteiger partial charge in [0, 0.05) is 24.8 Å². The Morgan fingerprint density at radius 3 is 2.19 bits per heavy atom. The zero-order valence-electron chi connectivity index (χ0n) is 14.7. The first-order valence-corrected chi connectivity index (χ1v) is 10.1. The highest BCUT2D eigenvalue weighted by molar-refractivity contribution is 7.90. The smallest absolute Gasteiger partial charge is 0.251 e. The number of rotatable bonds is 7. The Morgan fingerprint density at radius 1 is 1.00 bits per heavy atom. The highest BCUT2D eigenvalue weighted by Gasteiger charge is 2.12. The van der Waals surface area contributed by atoms with E-state index in [0.717, 1.165) is 11.8 Å². The summed E-state index contributed by atoms with van der Waals surface area (Å²) in [5.74, 6) is -0.416. The Kier molecular flexibility index (Phi) is 6.52. The quantitative estimate of drug-likeness (QED) is 0.776. The largest absolute Gasteiger partial charge is 0.352 e. The second-order valence-corrected chi connectivity index (χ2v) is 8.02. The van der Waals surface area contributed by atoms with Crippen LogP contribution in [0.3, 0.4) is 0 Å². The van der Waals surface area contributed by atoms with Crippen LogP contribution in [-0.4, -0.2) is 33.0 Å². The van der Waals surface area contributed by atoms with E-state index in [4.69, 9.17) is 0 Å². The molecule has 0 bridgehead atoms. The highest BCUT2D eigenvalue weighted by Crippen LogP contribution is 2.16. The Hall–Kier alpha value is -2.67.